The lowest BCUT2D eigenvalue weighted by molar-refractivity contribution is 0.0714. The molecule has 1 saturated carbocycles. The van der Waals surface area contributed by atoms with Crippen LogP contribution >= 0.6 is 0 Å². The first-order valence-electron chi connectivity index (χ1n) is 5.71. The van der Waals surface area contributed by atoms with Crippen molar-refractivity contribution in [2.24, 2.45) is 5.41 Å². The second-order valence-corrected chi connectivity index (χ2v) is 4.26. The molecule has 1 aliphatic rings. The van der Waals surface area contributed by atoms with E-state index in [0.717, 1.165) is 26.1 Å². The van der Waals surface area contributed by atoms with Gasteiger partial charge in [-0.2, -0.15) is 0 Å². The SMILES string of the molecule is COCCOCCNCC1(CCO)CC1. The largest absolute Gasteiger partial charge is 0.396 e. The Morgan fingerprint density at radius 1 is 1.27 bits per heavy atom. The van der Waals surface area contributed by atoms with Gasteiger partial charge in [0.1, 0.15) is 0 Å². The number of ether oxygens (including phenoxy) is 2. The zero-order valence-electron chi connectivity index (χ0n) is 9.63. The van der Waals surface area contributed by atoms with Crippen LogP contribution in [0.3, 0.4) is 0 Å². The van der Waals surface area contributed by atoms with Crippen LogP contribution in [0.25, 0.3) is 0 Å². The van der Waals surface area contributed by atoms with Crippen molar-refractivity contribution in [1.82, 2.24) is 5.32 Å². The van der Waals surface area contributed by atoms with E-state index in [0.29, 0.717) is 25.2 Å². The van der Waals surface area contributed by atoms with E-state index < -0.39 is 0 Å². The zero-order valence-corrected chi connectivity index (χ0v) is 9.63. The van der Waals surface area contributed by atoms with Crippen LogP contribution in [-0.4, -0.2) is 51.7 Å². The maximum absolute atomic E-state index is 8.88. The summed E-state index contributed by atoms with van der Waals surface area (Å²) in [6, 6.07) is 0. The normalized spacial score (nSPS) is 18.0. The summed E-state index contributed by atoms with van der Waals surface area (Å²) >= 11 is 0. The number of aliphatic hydroxyl groups excluding tert-OH is 1. The van der Waals surface area contributed by atoms with E-state index >= 15 is 0 Å². The summed E-state index contributed by atoms with van der Waals surface area (Å²) in [5.74, 6) is 0. The van der Waals surface area contributed by atoms with Crippen molar-refractivity contribution >= 4 is 0 Å². The van der Waals surface area contributed by atoms with E-state index in [2.05, 4.69) is 5.32 Å². The highest BCUT2D eigenvalue weighted by atomic mass is 16.5. The number of aliphatic hydroxyl groups is 1. The molecule has 0 atom stereocenters. The molecule has 4 heteroatoms. The first-order chi connectivity index (χ1) is 7.33. The smallest absolute Gasteiger partial charge is 0.0700 e. The molecule has 0 heterocycles. The monoisotopic (exact) mass is 217 g/mol. The Labute approximate surface area is 92.0 Å². The van der Waals surface area contributed by atoms with Gasteiger partial charge < -0.3 is 19.9 Å². The number of rotatable bonds is 10. The Balaban J connectivity index is 1.84. The molecule has 1 aliphatic carbocycles. The Bertz CT molecular complexity index is 160. The van der Waals surface area contributed by atoms with Crippen LogP contribution in [0.5, 0.6) is 0 Å². The lowest BCUT2D eigenvalue weighted by Gasteiger charge is -2.14. The van der Waals surface area contributed by atoms with Gasteiger partial charge in [-0.3, -0.25) is 0 Å². The first-order valence-corrected chi connectivity index (χ1v) is 5.71. The highest BCUT2D eigenvalue weighted by molar-refractivity contribution is 4.94. The van der Waals surface area contributed by atoms with Gasteiger partial charge in [0.05, 0.1) is 19.8 Å². The van der Waals surface area contributed by atoms with Crippen molar-refractivity contribution in [1.29, 1.82) is 0 Å². The quantitative estimate of drug-likeness (QED) is 0.520. The summed E-state index contributed by atoms with van der Waals surface area (Å²) in [4.78, 5) is 0. The summed E-state index contributed by atoms with van der Waals surface area (Å²) in [7, 11) is 1.67. The fraction of sp³-hybridized carbons (Fsp3) is 1.00. The summed E-state index contributed by atoms with van der Waals surface area (Å²) in [5, 5.41) is 12.2. The first kappa shape index (κ1) is 12.9. The lowest BCUT2D eigenvalue weighted by Crippen LogP contribution is -2.28. The molecular formula is C11H23NO3. The molecule has 0 saturated heterocycles. The van der Waals surface area contributed by atoms with Crippen molar-refractivity contribution in [2.75, 3.05) is 46.6 Å². The van der Waals surface area contributed by atoms with Gasteiger partial charge in [-0.1, -0.05) is 0 Å². The molecule has 15 heavy (non-hydrogen) atoms. The molecule has 0 aliphatic heterocycles. The topological polar surface area (TPSA) is 50.7 Å². The third kappa shape index (κ3) is 5.47. The molecule has 0 unspecified atom stereocenters. The molecule has 0 spiro atoms. The predicted octanol–water partition coefficient (Wildman–Crippen LogP) is 0.402. The number of methoxy groups -OCH3 is 1. The molecule has 90 valence electrons. The number of hydrogen-bond acceptors (Lipinski definition) is 4. The fourth-order valence-corrected chi connectivity index (χ4v) is 1.67. The van der Waals surface area contributed by atoms with Crippen LogP contribution < -0.4 is 5.32 Å². The van der Waals surface area contributed by atoms with Crippen LogP contribution in [0.4, 0.5) is 0 Å². The summed E-state index contributed by atoms with van der Waals surface area (Å²) in [6.07, 6.45) is 3.45. The molecule has 1 fully saturated rings. The van der Waals surface area contributed by atoms with Crippen LogP contribution in [0.2, 0.25) is 0 Å². The Hall–Kier alpha value is -0.160. The zero-order chi connectivity index (χ0) is 11.0. The van der Waals surface area contributed by atoms with E-state index in [4.69, 9.17) is 14.6 Å². The van der Waals surface area contributed by atoms with Gasteiger partial charge in [0, 0.05) is 26.8 Å². The minimum absolute atomic E-state index is 0.312. The van der Waals surface area contributed by atoms with Gasteiger partial charge in [-0.05, 0) is 24.7 Å². The third-order valence-corrected chi connectivity index (χ3v) is 2.95. The maximum Gasteiger partial charge on any atom is 0.0700 e. The van der Waals surface area contributed by atoms with Gasteiger partial charge in [0.25, 0.3) is 0 Å². The molecule has 4 nitrogen and oxygen atoms in total. The van der Waals surface area contributed by atoms with Crippen LogP contribution in [-0.2, 0) is 9.47 Å². The van der Waals surface area contributed by atoms with E-state index in [9.17, 15) is 0 Å². The second kappa shape index (κ2) is 7.17. The Morgan fingerprint density at radius 2 is 2.07 bits per heavy atom. The van der Waals surface area contributed by atoms with Gasteiger partial charge >= 0.3 is 0 Å². The summed E-state index contributed by atoms with van der Waals surface area (Å²) < 4.78 is 10.2. The molecule has 0 amide bonds. The molecule has 2 N–H and O–H groups in total. The van der Waals surface area contributed by atoms with Gasteiger partial charge in [0.15, 0.2) is 0 Å². The van der Waals surface area contributed by atoms with Crippen LogP contribution in [0, 0.1) is 5.41 Å². The van der Waals surface area contributed by atoms with Gasteiger partial charge in [0.2, 0.25) is 0 Å². The van der Waals surface area contributed by atoms with Gasteiger partial charge in [-0.15, -0.1) is 0 Å². The highest BCUT2D eigenvalue weighted by Gasteiger charge is 2.41. The maximum atomic E-state index is 8.88. The molecular weight excluding hydrogens is 194 g/mol. The molecule has 1 rings (SSSR count). The van der Waals surface area contributed by atoms with Crippen molar-refractivity contribution in [3.05, 3.63) is 0 Å². The highest BCUT2D eigenvalue weighted by Crippen LogP contribution is 2.47. The minimum atomic E-state index is 0.312. The number of nitrogens with one attached hydrogen (secondary N) is 1. The van der Waals surface area contributed by atoms with Crippen molar-refractivity contribution in [2.45, 2.75) is 19.3 Å². The van der Waals surface area contributed by atoms with Crippen molar-refractivity contribution in [3.63, 3.8) is 0 Å². The third-order valence-electron chi connectivity index (χ3n) is 2.95. The van der Waals surface area contributed by atoms with E-state index in [1.54, 1.807) is 7.11 Å². The average Bonchev–Trinajstić information content (AvgIpc) is 2.98. The van der Waals surface area contributed by atoms with E-state index in [1.807, 2.05) is 0 Å². The van der Waals surface area contributed by atoms with Crippen molar-refractivity contribution in [3.8, 4) is 0 Å². The van der Waals surface area contributed by atoms with Crippen LogP contribution in [0.15, 0.2) is 0 Å². The molecule has 0 aromatic heterocycles. The fourth-order valence-electron chi connectivity index (χ4n) is 1.67. The second-order valence-electron chi connectivity index (χ2n) is 4.26. The Kier molecular flexibility index (Phi) is 6.17. The average molecular weight is 217 g/mol. The lowest BCUT2D eigenvalue weighted by atomic mass is 10.0. The molecule has 0 aromatic carbocycles. The summed E-state index contributed by atoms with van der Waals surface area (Å²) in [5.41, 5.74) is 0.404. The summed E-state index contributed by atoms with van der Waals surface area (Å²) in [6.45, 7) is 4.27. The van der Waals surface area contributed by atoms with Crippen molar-refractivity contribution < 1.29 is 14.6 Å². The molecule has 0 radical (unpaired) electrons. The van der Waals surface area contributed by atoms with Gasteiger partial charge in [-0.25, -0.2) is 0 Å². The van der Waals surface area contributed by atoms with E-state index in [-0.39, 0.29) is 0 Å². The number of hydrogen-bond donors (Lipinski definition) is 2. The predicted molar refractivity (Wildman–Crippen MR) is 58.9 cm³/mol. The standard InChI is InChI=1S/C11H23NO3/c1-14-8-9-15-7-5-12-10-11(2-3-11)4-6-13/h12-13H,2-10H2,1H3. The van der Waals surface area contributed by atoms with E-state index in [1.165, 1.54) is 12.8 Å². The van der Waals surface area contributed by atoms with Crippen LogP contribution in [0.1, 0.15) is 19.3 Å². The molecule has 0 bridgehead atoms. The minimum Gasteiger partial charge on any atom is -0.396 e. The molecule has 0 aromatic rings. The Morgan fingerprint density at radius 3 is 2.67 bits per heavy atom.